The van der Waals surface area contributed by atoms with Crippen molar-refractivity contribution in [3.8, 4) is 0 Å². The molecule has 0 saturated carbocycles. The molecule has 0 spiro atoms. The molecule has 2 aliphatic heterocycles. The van der Waals surface area contributed by atoms with E-state index in [2.05, 4.69) is 0 Å². The molecule has 1 aromatic heterocycles. The Morgan fingerprint density at radius 1 is 1.39 bits per heavy atom. The summed E-state index contributed by atoms with van der Waals surface area (Å²) in [5, 5.41) is 1.94. The number of amides is 2. The van der Waals surface area contributed by atoms with Crippen LogP contribution in [0.2, 0.25) is 0 Å². The molecule has 1 aromatic rings. The number of nitrogens with zero attached hydrogens (tertiary/aromatic N) is 2. The van der Waals surface area contributed by atoms with Crippen molar-refractivity contribution >= 4 is 23.2 Å². The first-order chi connectivity index (χ1) is 11.3. The standard InChI is InChI=1S/C17H24N2O3S/c20-16-5-1-8-18(16)9-3-10-19(14-6-11-22-12-7-14)17(21)15-4-2-13-23-15/h2,4,13-14H,1,3,5-12H2. The van der Waals surface area contributed by atoms with E-state index in [-0.39, 0.29) is 17.9 Å². The third-order valence-electron chi connectivity index (χ3n) is 4.62. The summed E-state index contributed by atoms with van der Waals surface area (Å²) < 4.78 is 5.43. The van der Waals surface area contributed by atoms with Crippen molar-refractivity contribution in [2.45, 2.75) is 38.1 Å². The number of ether oxygens (including phenoxy) is 1. The molecule has 2 fully saturated rings. The van der Waals surface area contributed by atoms with Crippen molar-refractivity contribution in [1.82, 2.24) is 9.80 Å². The minimum absolute atomic E-state index is 0.125. The van der Waals surface area contributed by atoms with Crippen LogP contribution in [0.25, 0.3) is 0 Å². The van der Waals surface area contributed by atoms with Crippen molar-refractivity contribution in [3.63, 3.8) is 0 Å². The van der Waals surface area contributed by atoms with Crippen molar-refractivity contribution in [3.05, 3.63) is 22.4 Å². The second-order valence-corrected chi connectivity index (χ2v) is 7.10. The molecule has 6 heteroatoms. The van der Waals surface area contributed by atoms with E-state index in [1.807, 2.05) is 27.3 Å². The highest BCUT2D eigenvalue weighted by Gasteiger charge is 2.27. The summed E-state index contributed by atoms with van der Waals surface area (Å²) in [6, 6.07) is 4.07. The normalized spacial score (nSPS) is 19.3. The van der Waals surface area contributed by atoms with Gasteiger partial charge in [-0.15, -0.1) is 11.3 Å². The van der Waals surface area contributed by atoms with Gasteiger partial charge in [-0.3, -0.25) is 9.59 Å². The summed E-state index contributed by atoms with van der Waals surface area (Å²) in [6.45, 7) is 3.80. The van der Waals surface area contributed by atoms with E-state index in [0.717, 1.165) is 56.9 Å². The fourth-order valence-corrected chi connectivity index (χ4v) is 4.04. The van der Waals surface area contributed by atoms with Gasteiger partial charge in [0.05, 0.1) is 4.88 Å². The fourth-order valence-electron chi connectivity index (χ4n) is 3.36. The van der Waals surface area contributed by atoms with E-state index in [4.69, 9.17) is 4.74 Å². The maximum atomic E-state index is 12.8. The number of hydrogen-bond acceptors (Lipinski definition) is 4. The molecule has 0 unspecified atom stereocenters. The lowest BCUT2D eigenvalue weighted by molar-refractivity contribution is -0.127. The molecule has 3 rings (SSSR count). The van der Waals surface area contributed by atoms with Gasteiger partial charge in [0, 0.05) is 45.3 Å². The average Bonchev–Trinajstić information content (AvgIpc) is 3.24. The zero-order chi connectivity index (χ0) is 16.1. The predicted molar refractivity (Wildman–Crippen MR) is 89.6 cm³/mol. The number of rotatable bonds is 6. The molecule has 0 aromatic carbocycles. The first-order valence-electron chi connectivity index (χ1n) is 8.45. The number of carbonyl (C=O) groups is 2. The molecule has 0 N–H and O–H groups in total. The molecular weight excluding hydrogens is 312 g/mol. The van der Waals surface area contributed by atoms with Crippen molar-refractivity contribution < 1.29 is 14.3 Å². The lowest BCUT2D eigenvalue weighted by Gasteiger charge is -2.34. The molecule has 2 saturated heterocycles. The Balaban J connectivity index is 1.60. The van der Waals surface area contributed by atoms with Gasteiger partial charge in [-0.1, -0.05) is 6.07 Å². The van der Waals surface area contributed by atoms with E-state index in [1.165, 1.54) is 11.3 Å². The number of carbonyl (C=O) groups excluding carboxylic acids is 2. The van der Waals surface area contributed by atoms with Crippen LogP contribution in [0.3, 0.4) is 0 Å². The molecule has 0 bridgehead atoms. The number of likely N-dealkylation sites (tertiary alicyclic amines) is 1. The van der Waals surface area contributed by atoms with Gasteiger partial charge in [-0.25, -0.2) is 0 Å². The molecule has 0 atom stereocenters. The molecule has 2 aliphatic rings. The van der Waals surface area contributed by atoms with Crippen molar-refractivity contribution in [2.75, 3.05) is 32.8 Å². The Bertz CT molecular complexity index is 526. The van der Waals surface area contributed by atoms with Crippen molar-refractivity contribution in [1.29, 1.82) is 0 Å². The van der Waals surface area contributed by atoms with Gasteiger partial charge < -0.3 is 14.5 Å². The summed E-state index contributed by atoms with van der Waals surface area (Å²) in [5.74, 6) is 0.381. The van der Waals surface area contributed by atoms with Gasteiger partial charge in [-0.2, -0.15) is 0 Å². The fraction of sp³-hybridized carbons (Fsp3) is 0.647. The van der Waals surface area contributed by atoms with E-state index < -0.39 is 0 Å². The Kier molecular flexibility index (Phi) is 5.67. The Morgan fingerprint density at radius 3 is 2.87 bits per heavy atom. The van der Waals surface area contributed by atoms with Gasteiger partial charge in [0.1, 0.15) is 0 Å². The zero-order valence-corrected chi connectivity index (χ0v) is 14.2. The Morgan fingerprint density at radius 2 is 2.22 bits per heavy atom. The van der Waals surface area contributed by atoms with E-state index >= 15 is 0 Å². The smallest absolute Gasteiger partial charge is 0.264 e. The molecule has 2 amide bonds. The number of thiophene rings is 1. The first-order valence-corrected chi connectivity index (χ1v) is 9.33. The highest BCUT2D eigenvalue weighted by molar-refractivity contribution is 7.12. The minimum atomic E-state index is 0.125. The topological polar surface area (TPSA) is 49.9 Å². The zero-order valence-electron chi connectivity index (χ0n) is 13.4. The predicted octanol–water partition coefficient (Wildman–Crippen LogP) is 2.38. The second kappa shape index (κ2) is 7.93. The summed E-state index contributed by atoms with van der Waals surface area (Å²) >= 11 is 1.50. The SMILES string of the molecule is O=C1CCCN1CCCN(C(=O)c1cccs1)C1CCOCC1. The van der Waals surface area contributed by atoms with Gasteiger partial charge in [0.25, 0.3) is 5.91 Å². The van der Waals surface area contributed by atoms with Crippen LogP contribution in [0, 0.1) is 0 Å². The van der Waals surface area contributed by atoms with E-state index in [0.29, 0.717) is 13.0 Å². The van der Waals surface area contributed by atoms with Gasteiger partial charge in [0.2, 0.25) is 5.91 Å². The molecule has 23 heavy (non-hydrogen) atoms. The maximum Gasteiger partial charge on any atom is 0.264 e. The van der Waals surface area contributed by atoms with Crippen molar-refractivity contribution in [2.24, 2.45) is 0 Å². The third kappa shape index (κ3) is 4.12. The summed E-state index contributed by atoms with van der Waals surface area (Å²) in [7, 11) is 0. The van der Waals surface area contributed by atoms with Crippen LogP contribution in [0.15, 0.2) is 17.5 Å². The van der Waals surface area contributed by atoms with Crippen LogP contribution in [0.5, 0.6) is 0 Å². The molecule has 0 radical (unpaired) electrons. The lowest BCUT2D eigenvalue weighted by atomic mass is 10.1. The first kappa shape index (κ1) is 16.5. The van der Waals surface area contributed by atoms with Crippen LogP contribution in [-0.2, 0) is 9.53 Å². The van der Waals surface area contributed by atoms with Crippen LogP contribution < -0.4 is 0 Å². The molecule has 5 nitrogen and oxygen atoms in total. The maximum absolute atomic E-state index is 12.8. The largest absolute Gasteiger partial charge is 0.381 e. The van der Waals surface area contributed by atoms with Crippen LogP contribution in [0.1, 0.15) is 41.8 Å². The third-order valence-corrected chi connectivity index (χ3v) is 5.48. The summed E-state index contributed by atoms with van der Waals surface area (Å²) in [6.07, 6.45) is 4.30. The van der Waals surface area contributed by atoms with Crippen LogP contribution in [0.4, 0.5) is 0 Å². The molecule has 0 aliphatic carbocycles. The second-order valence-electron chi connectivity index (χ2n) is 6.16. The monoisotopic (exact) mass is 336 g/mol. The molecular formula is C17H24N2O3S. The summed E-state index contributed by atoms with van der Waals surface area (Å²) in [4.78, 5) is 29.3. The Labute approximate surface area is 141 Å². The Hall–Kier alpha value is -1.40. The minimum Gasteiger partial charge on any atom is -0.381 e. The van der Waals surface area contributed by atoms with Gasteiger partial charge in [-0.05, 0) is 37.1 Å². The summed E-state index contributed by atoms with van der Waals surface area (Å²) in [5.41, 5.74) is 0. The average molecular weight is 336 g/mol. The molecule has 3 heterocycles. The van der Waals surface area contributed by atoms with Crippen LogP contribution >= 0.6 is 11.3 Å². The highest BCUT2D eigenvalue weighted by Crippen LogP contribution is 2.20. The van der Waals surface area contributed by atoms with E-state index in [9.17, 15) is 9.59 Å². The highest BCUT2D eigenvalue weighted by atomic mass is 32.1. The quantitative estimate of drug-likeness (QED) is 0.801. The van der Waals surface area contributed by atoms with E-state index in [1.54, 1.807) is 0 Å². The van der Waals surface area contributed by atoms with Gasteiger partial charge >= 0.3 is 0 Å². The van der Waals surface area contributed by atoms with Gasteiger partial charge in [0.15, 0.2) is 0 Å². The van der Waals surface area contributed by atoms with Crippen LogP contribution in [-0.4, -0.2) is 60.5 Å². The molecule has 126 valence electrons. The lowest BCUT2D eigenvalue weighted by Crippen LogP contribution is -2.44. The number of hydrogen-bond donors (Lipinski definition) is 0.